The Hall–Kier alpha value is -1.78. The lowest BCUT2D eigenvalue weighted by molar-refractivity contribution is 0.0687. The number of nitrogens with one attached hydrogen (secondary N) is 1. The van der Waals surface area contributed by atoms with Crippen molar-refractivity contribution in [3.05, 3.63) is 23.7 Å². The summed E-state index contributed by atoms with van der Waals surface area (Å²) >= 11 is 0. The summed E-state index contributed by atoms with van der Waals surface area (Å²) in [6, 6.07) is 1.72. The van der Waals surface area contributed by atoms with Gasteiger partial charge in [-0.3, -0.25) is 5.10 Å². The number of hydrogen-bond donors (Lipinski definition) is 2. The standard InChI is InChI=1S/C7H7N3O2/c1-4-6(7(11)12)10-5(9-4)2-3-8-10/h2-3,8H,1H3,(H,11,12). The number of rotatable bonds is 1. The fourth-order valence-electron chi connectivity index (χ4n) is 1.23. The van der Waals surface area contributed by atoms with Crippen LogP contribution in [0.15, 0.2) is 12.3 Å². The Morgan fingerprint density at radius 2 is 2.50 bits per heavy atom. The van der Waals surface area contributed by atoms with Gasteiger partial charge in [0.05, 0.1) is 5.69 Å². The first-order chi connectivity index (χ1) is 5.70. The average Bonchev–Trinajstić information content (AvgIpc) is 2.44. The maximum absolute atomic E-state index is 10.7. The SMILES string of the molecule is Cc1nc2cc[nH]n2c1C(=O)O. The topological polar surface area (TPSA) is 70.4 Å². The summed E-state index contributed by atoms with van der Waals surface area (Å²) in [5.74, 6) is -0.970. The minimum absolute atomic E-state index is 0.190. The highest BCUT2D eigenvalue weighted by atomic mass is 16.4. The molecule has 0 radical (unpaired) electrons. The normalized spacial score (nSPS) is 10.8. The Morgan fingerprint density at radius 3 is 3.17 bits per heavy atom. The van der Waals surface area contributed by atoms with Crippen molar-refractivity contribution < 1.29 is 9.90 Å². The van der Waals surface area contributed by atoms with Crippen LogP contribution in [0, 0.1) is 6.92 Å². The number of carboxylic acid groups (broad SMARTS) is 1. The Kier molecular flexibility index (Phi) is 1.21. The molecule has 0 amide bonds. The van der Waals surface area contributed by atoms with Crippen LogP contribution in [0.1, 0.15) is 16.2 Å². The van der Waals surface area contributed by atoms with E-state index in [0.717, 1.165) is 0 Å². The Bertz CT molecular complexity index is 440. The van der Waals surface area contributed by atoms with E-state index in [9.17, 15) is 4.79 Å². The number of aromatic carboxylic acids is 1. The molecule has 0 spiro atoms. The number of H-pyrrole nitrogens is 1. The smallest absolute Gasteiger partial charge is 0.356 e. The van der Waals surface area contributed by atoms with E-state index in [1.807, 2.05) is 0 Å². The zero-order chi connectivity index (χ0) is 8.72. The first-order valence-corrected chi connectivity index (χ1v) is 3.46. The van der Waals surface area contributed by atoms with Gasteiger partial charge >= 0.3 is 5.97 Å². The predicted octanol–water partition coefficient (Wildman–Crippen LogP) is 0.669. The quantitative estimate of drug-likeness (QED) is 0.652. The fraction of sp³-hybridized carbons (Fsp3) is 0.143. The van der Waals surface area contributed by atoms with Gasteiger partial charge in [0.15, 0.2) is 11.3 Å². The molecule has 12 heavy (non-hydrogen) atoms. The molecule has 2 aromatic heterocycles. The fourth-order valence-corrected chi connectivity index (χ4v) is 1.23. The minimum Gasteiger partial charge on any atom is -0.476 e. The van der Waals surface area contributed by atoms with Crippen molar-refractivity contribution in [3.8, 4) is 0 Å². The van der Waals surface area contributed by atoms with E-state index in [1.165, 1.54) is 4.52 Å². The third kappa shape index (κ3) is 0.730. The van der Waals surface area contributed by atoms with Gasteiger partial charge in [0.2, 0.25) is 0 Å². The number of aryl methyl sites for hydroxylation is 1. The zero-order valence-corrected chi connectivity index (χ0v) is 6.40. The summed E-state index contributed by atoms with van der Waals surface area (Å²) in [6.45, 7) is 1.67. The lowest BCUT2D eigenvalue weighted by Crippen LogP contribution is -2.03. The number of carbonyl (C=O) groups is 1. The van der Waals surface area contributed by atoms with Gasteiger partial charge in [0, 0.05) is 12.3 Å². The largest absolute Gasteiger partial charge is 0.476 e. The third-order valence-corrected chi connectivity index (χ3v) is 1.72. The molecule has 2 rings (SSSR count). The number of fused-ring (bicyclic) bond motifs is 1. The van der Waals surface area contributed by atoms with Crippen molar-refractivity contribution >= 4 is 11.6 Å². The number of hydrogen-bond acceptors (Lipinski definition) is 2. The summed E-state index contributed by atoms with van der Waals surface area (Å²) in [4.78, 5) is 14.8. The van der Waals surface area contributed by atoms with Gasteiger partial charge in [-0.1, -0.05) is 0 Å². The van der Waals surface area contributed by atoms with Crippen molar-refractivity contribution in [3.63, 3.8) is 0 Å². The molecule has 0 aliphatic heterocycles. The van der Waals surface area contributed by atoms with Crippen LogP contribution in [-0.4, -0.2) is 25.7 Å². The van der Waals surface area contributed by atoms with Crippen LogP contribution in [0.4, 0.5) is 0 Å². The van der Waals surface area contributed by atoms with Gasteiger partial charge in [0.1, 0.15) is 0 Å². The molecule has 0 saturated carbocycles. The van der Waals surface area contributed by atoms with Crippen LogP contribution in [0.2, 0.25) is 0 Å². The van der Waals surface area contributed by atoms with Gasteiger partial charge in [-0.05, 0) is 6.92 Å². The molecule has 62 valence electrons. The highest BCUT2D eigenvalue weighted by molar-refractivity contribution is 5.88. The summed E-state index contributed by atoms with van der Waals surface area (Å²) in [5.41, 5.74) is 1.34. The lowest BCUT2D eigenvalue weighted by Gasteiger charge is -1.91. The van der Waals surface area contributed by atoms with E-state index >= 15 is 0 Å². The molecule has 0 aromatic carbocycles. The van der Waals surface area contributed by atoms with Crippen molar-refractivity contribution in [2.24, 2.45) is 0 Å². The number of aromatic amines is 1. The van der Waals surface area contributed by atoms with Crippen LogP contribution in [0.5, 0.6) is 0 Å². The summed E-state index contributed by atoms with van der Waals surface area (Å²) < 4.78 is 1.44. The maximum atomic E-state index is 10.7. The second-order valence-corrected chi connectivity index (χ2v) is 2.51. The van der Waals surface area contributed by atoms with E-state index < -0.39 is 5.97 Å². The third-order valence-electron chi connectivity index (χ3n) is 1.72. The molecular formula is C7H7N3O2. The van der Waals surface area contributed by atoms with E-state index in [4.69, 9.17) is 5.11 Å². The van der Waals surface area contributed by atoms with Crippen LogP contribution in [0.25, 0.3) is 5.65 Å². The molecular weight excluding hydrogens is 158 g/mol. The molecule has 5 nitrogen and oxygen atoms in total. The highest BCUT2D eigenvalue weighted by Gasteiger charge is 2.15. The molecule has 0 aliphatic carbocycles. The second-order valence-electron chi connectivity index (χ2n) is 2.51. The van der Waals surface area contributed by atoms with Crippen LogP contribution in [0.3, 0.4) is 0 Å². The molecule has 2 N–H and O–H groups in total. The minimum atomic E-state index is -0.970. The predicted molar refractivity (Wildman–Crippen MR) is 41.2 cm³/mol. The van der Waals surface area contributed by atoms with Gasteiger partial charge in [-0.15, -0.1) is 0 Å². The van der Waals surface area contributed by atoms with E-state index in [0.29, 0.717) is 11.3 Å². The van der Waals surface area contributed by atoms with Gasteiger partial charge in [-0.25, -0.2) is 14.3 Å². The molecule has 0 atom stereocenters. The highest BCUT2D eigenvalue weighted by Crippen LogP contribution is 2.09. The summed E-state index contributed by atoms with van der Waals surface area (Å²) in [6.07, 6.45) is 1.65. The molecule has 0 unspecified atom stereocenters. The molecule has 0 aliphatic rings. The van der Waals surface area contributed by atoms with E-state index in [-0.39, 0.29) is 5.69 Å². The Morgan fingerprint density at radius 1 is 1.75 bits per heavy atom. The monoisotopic (exact) mass is 165 g/mol. The average molecular weight is 165 g/mol. The molecule has 2 aromatic rings. The van der Waals surface area contributed by atoms with Crippen LogP contribution < -0.4 is 0 Å². The maximum Gasteiger partial charge on any atom is 0.356 e. The number of carboxylic acids is 1. The van der Waals surface area contributed by atoms with Crippen molar-refractivity contribution in [1.29, 1.82) is 0 Å². The molecule has 5 heteroatoms. The van der Waals surface area contributed by atoms with Crippen LogP contribution >= 0.6 is 0 Å². The van der Waals surface area contributed by atoms with Gasteiger partial charge in [-0.2, -0.15) is 0 Å². The van der Waals surface area contributed by atoms with Crippen molar-refractivity contribution in [1.82, 2.24) is 14.6 Å². The number of nitrogens with zero attached hydrogens (tertiary/aromatic N) is 2. The molecule has 2 heterocycles. The van der Waals surface area contributed by atoms with Gasteiger partial charge in [0.25, 0.3) is 0 Å². The number of aromatic nitrogens is 3. The first-order valence-electron chi connectivity index (χ1n) is 3.46. The molecule has 0 fully saturated rings. The van der Waals surface area contributed by atoms with Gasteiger partial charge < -0.3 is 5.11 Å². The summed E-state index contributed by atoms with van der Waals surface area (Å²) in [7, 11) is 0. The molecule has 0 saturated heterocycles. The van der Waals surface area contributed by atoms with E-state index in [1.54, 1.807) is 19.2 Å². The molecule has 0 bridgehead atoms. The van der Waals surface area contributed by atoms with Crippen molar-refractivity contribution in [2.75, 3.05) is 0 Å². The van der Waals surface area contributed by atoms with E-state index in [2.05, 4.69) is 10.1 Å². The zero-order valence-electron chi connectivity index (χ0n) is 6.40. The lowest BCUT2D eigenvalue weighted by atomic mass is 10.3. The summed E-state index contributed by atoms with van der Waals surface area (Å²) in [5, 5.41) is 11.6. The first kappa shape index (κ1) is 6.90. The Balaban J connectivity index is 2.84. The number of imidazole rings is 1. The Labute approximate surface area is 67.6 Å². The second kappa shape index (κ2) is 2.10. The van der Waals surface area contributed by atoms with Crippen LogP contribution in [-0.2, 0) is 0 Å². The van der Waals surface area contributed by atoms with Crippen molar-refractivity contribution in [2.45, 2.75) is 6.92 Å².